The Morgan fingerprint density at radius 2 is 0.939 bits per heavy atom. The van der Waals surface area contributed by atoms with Gasteiger partial charge in [0.2, 0.25) is 0 Å². The van der Waals surface area contributed by atoms with Gasteiger partial charge in [-0.25, -0.2) is 0 Å². The first-order valence-corrected chi connectivity index (χ1v) is 25.6. The second kappa shape index (κ2) is 25.8. The number of hydrogen-bond acceptors (Lipinski definition) is 9. The lowest BCUT2D eigenvalue weighted by Crippen LogP contribution is -2.36. The minimum atomic E-state index is -0.651. The molecule has 10 nitrogen and oxygen atoms in total. The van der Waals surface area contributed by atoms with Gasteiger partial charge < -0.3 is 28.8 Å². The number of hydrogen-bond donors (Lipinski definition) is 1. The summed E-state index contributed by atoms with van der Waals surface area (Å²) in [7, 11) is 0. The van der Waals surface area contributed by atoms with E-state index in [0.29, 0.717) is 30.7 Å². The SMILES string of the molecule is CCCOCC1CCC(Oc2ccc3cc(CN4CCC(C(=O)O)CC4)ccc3c2)CC1.CCCOCC1CCC(Oc2ccc3cc(CN4CCC(C(=O)OCC)CC4)ccc3c2)CC1. The van der Waals surface area contributed by atoms with Crippen LogP contribution < -0.4 is 9.47 Å². The largest absolute Gasteiger partial charge is 0.490 e. The molecule has 8 rings (SSSR count). The summed E-state index contributed by atoms with van der Waals surface area (Å²) in [5, 5.41) is 14.1. The van der Waals surface area contributed by atoms with E-state index in [1.807, 2.05) is 6.92 Å². The molecule has 2 heterocycles. The molecule has 0 bridgehead atoms. The van der Waals surface area contributed by atoms with Crippen LogP contribution in [-0.4, -0.2) is 98.3 Å². The second-order valence-electron chi connectivity index (χ2n) is 19.5. The van der Waals surface area contributed by atoms with Crippen LogP contribution in [0.15, 0.2) is 72.8 Å². The maximum absolute atomic E-state index is 12.0. The number of piperidine rings is 2. The van der Waals surface area contributed by atoms with Crippen molar-refractivity contribution in [3.05, 3.63) is 83.9 Å². The Kier molecular flexibility index (Phi) is 19.4. The maximum Gasteiger partial charge on any atom is 0.309 e. The summed E-state index contributed by atoms with van der Waals surface area (Å²) in [4.78, 5) is 27.9. The lowest BCUT2D eigenvalue weighted by molar-refractivity contribution is -0.149. The van der Waals surface area contributed by atoms with E-state index < -0.39 is 5.97 Å². The van der Waals surface area contributed by atoms with E-state index in [-0.39, 0.29) is 17.8 Å². The standard InChI is InChI=1S/C29H41NO4.C27H37NO4/c1-3-17-32-21-22-6-10-27(11-7-22)34-28-12-9-25-18-23(5-8-26(25)19-28)20-30-15-13-24(14-16-30)29(31)33-4-2;1-2-15-31-19-20-4-8-25(9-5-20)32-26-10-7-23-16-21(3-6-24(23)17-26)18-28-13-11-22(12-14-28)27(29)30/h5,8-9,12,18-19,22,24,27H,3-4,6-7,10-11,13-17,20-21H2,1-2H3;3,6-7,10,16-17,20,22,25H,2,4-5,8-9,11-15,18-19H2,1H3,(H,29,30). The number of rotatable bonds is 19. The molecule has 360 valence electrons. The molecule has 4 aromatic rings. The molecule has 0 amide bonds. The molecule has 66 heavy (non-hydrogen) atoms. The number of ether oxygens (including phenoxy) is 5. The predicted molar refractivity (Wildman–Crippen MR) is 263 cm³/mol. The molecule has 0 aromatic heterocycles. The first kappa shape index (κ1) is 49.7. The number of nitrogens with zero attached hydrogens (tertiary/aromatic N) is 2. The molecule has 2 aliphatic carbocycles. The normalized spacial score (nSPS) is 22.4. The molecule has 0 unspecified atom stereocenters. The first-order valence-electron chi connectivity index (χ1n) is 25.6. The van der Waals surface area contributed by atoms with Gasteiger partial charge in [-0.15, -0.1) is 0 Å². The van der Waals surface area contributed by atoms with Crippen LogP contribution in [0.2, 0.25) is 0 Å². The van der Waals surface area contributed by atoms with E-state index in [9.17, 15) is 14.7 Å². The summed E-state index contributed by atoms with van der Waals surface area (Å²) in [5.41, 5.74) is 2.60. The van der Waals surface area contributed by atoms with E-state index >= 15 is 0 Å². The molecular formula is C56H78N2O8. The Hall–Kier alpha value is -4.22. The number of aliphatic carboxylic acids is 1. The summed E-state index contributed by atoms with van der Waals surface area (Å²) >= 11 is 0. The molecule has 1 N–H and O–H groups in total. The van der Waals surface area contributed by atoms with Gasteiger partial charge in [-0.1, -0.05) is 50.2 Å². The Labute approximate surface area is 394 Å². The number of benzene rings is 4. The molecule has 4 aromatic carbocycles. The minimum absolute atomic E-state index is 0.0279. The summed E-state index contributed by atoms with van der Waals surface area (Å²) in [6.07, 6.45) is 15.3. The van der Waals surface area contributed by atoms with E-state index in [0.717, 1.165) is 141 Å². The number of likely N-dealkylation sites (tertiary alicyclic amines) is 2. The van der Waals surface area contributed by atoms with Crippen molar-refractivity contribution in [3.63, 3.8) is 0 Å². The van der Waals surface area contributed by atoms with Crippen molar-refractivity contribution < 1.29 is 38.4 Å². The van der Waals surface area contributed by atoms with Gasteiger partial charge in [0.25, 0.3) is 0 Å². The number of carboxylic acids is 1. The molecule has 4 fully saturated rings. The molecule has 2 saturated carbocycles. The summed E-state index contributed by atoms with van der Waals surface area (Å²) in [6.45, 7) is 15.6. The van der Waals surface area contributed by atoms with Crippen molar-refractivity contribution in [1.82, 2.24) is 9.80 Å². The highest BCUT2D eigenvalue weighted by Crippen LogP contribution is 2.32. The topological polar surface area (TPSA) is 107 Å². The Balaban J connectivity index is 0.000000197. The van der Waals surface area contributed by atoms with Crippen LogP contribution in [0.4, 0.5) is 0 Å². The zero-order valence-electron chi connectivity index (χ0n) is 40.3. The number of carbonyl (C=O) groups is 2. The van der Waals surface area contributed by atoms with Crippen LogP contribution in [0.3, 0.4) is 0 Å². The molecule has 0 radical (unpaired) electrons. The molecule has 2 aliphatic heterocycles. The highest BCUT2D eigenvalue weighted by atomic mass is 16.5. The summed E-state index contributed by atoms with van der Waals surface area (Å²) in [5.74, 6) is 2.53. The fraction of sp³-hybridized carbons (Fsp3) is 0.607. The van der Waals surface area contributed by atoms with Crippen LogP contribution in [0.1, 0.15) is 122 Å². The van der Waals surface area contributed by atoms with E-state index in [2.05, 4.69) is 96.4 Å². The fourth-order valence-electron chi connectivity index (χ4n) is 10.3. The summed E-state index contributed by atoms with van der Waals surface area (Å²) < 4.78 is 29.3. The molecule has 2 saturated heterocycles. The summed E-state index contributed by atoms with van der Waals surface area (Å²) in [6, 6.07) is 26.3. The second-order valence-corrected chi connectivity index (χ2v) is 19.5. The average molecular weight is 907 g/mol. The first-order chi connectivity index (χ1) is 32.2. The van der Waals surface area contributed by atoms with Crippen LogP contribution in [0, 0.1) is 23.7 Å². The van der Waals surface area contributed by atoms with Gasteiger partial charge in [0, 0.05) is 39.5 Å². The van der Waals surface area contributed by atoms with Gasteiger partial charge in [-0.3, -0.25) is 19.4 Å². The number of fused-ring (bicyclic) bond motifs is 2. The number of esters is 1. The van der Waals surface area contributed by atoms with Crippen molar-refractivity contribution in [2.75, 3.05) is 59.2 Å². The Morgan fingerprint density at radius 1 is 0.530 bits per heavy atom. The molecular weight excluding hydrogens is 829 g/mol. The lowest BCUT2D eigenvalue weighted by atomic mass is 9.88. The van der Waals surface area contributed by atoms with Gasteiger partial charge in [0.1, 0.15) is 11.5 Å². The quantitative estimate of drug-likeness (QED) is 0.0722. The zero-order valence-corrected chi connectivity index (χ0v) is 40.3. The monoisotopic (exact) mass is 907 g/mol. The van der Waals surface area contributed by atoms with Crippen LogP contribution in [-0.2, 0) is 36.9 Å². The minimum Gasteiger partial charge on any atom is -0.490 e. The zero-order chi connectivity index (χ0) is 46.1. The van der Waals surface area contributed by atoms with Crippen LogP contribution >= 0.6 is 0 Å². The van der Waals surface area contributed by atoms with Crippen molar-refractivity contribution >= 4 is 33.5 Å². The molecule has 10 heteroatoms. The molecule has 0 atom stereocenters. The smallest absolute Gasteiger partial charge is 0.309 e. The predicted octanol–water partition coefficient (Wildman–Crippen LogP) is 11.5. The third-order valence-electron chi connectivity index (χ3n) is 14.3. The average Bonchev–Trinajstić information content (AvgIpc) is 3.33. The van der Waals surface area contributed by atoms with E-state index in [1.165, 1.54) is 58.4 Å². The fourth-order valence-corrected chi connectivity index (χ4v) is 10.3. The van der Waals surface area contributed by atoms with E-state index in [1.54, 1.807) is 0 Å². The lowest BCUT2D eigenvalue weighted by Gasteiger charge is -2.30. The van der Waals surface area contributed by atoms with Gasteiger partial charge in [-0.2, -0.15) is 0 Å². The van der Waals surface area contributed by atoms with Crippen molar-refractivity contribution in [1.29, 1.82) is 0 Å². The van der Waals surface area contributed by atoms with Gasteiger partial charge in [0.05, 0.1) is 30.7 Å². The van der Waals surface area contributed by atoms with E-state index in [4.69, 9.17) is 23.7 Å². The third kappa shape index (κ3) is 15.1. The maximum atomic E-state index is 12.0. The number of carbonyl (C=O) groups excluding carboxylic acids is 1. The Morgan fingerprint density at radius 3 is 1.35 bits per heavy atom. The van der Waals surface area contributed by atoms with Crippen molar-refractivity contribution in [2.24, 2.45) is 23.7 Å². The van der Waals surface area contributed by atoms with Gasteiger partial charge in [0.15, 0.2) is 0 Å². The Bertz CT molecular complexity index is 2090. The van der Waals surface area contributed by atoms with Gasteiger partial charge in [-0.05, 0) is 204 Å². The number of carboxylic acid groups (broad SMARTS) is 1. The highest BCUT2D eigenvalue weighted by molar-refractivity contribution is 5.85. The molecule has 0 spiro atoms. The van der Waals surface area contributed by atoms with Crippen LogP contribution in [0.25, 0.3) is 21.5 Å². The van der Waals surface area contributed by atoms with Crippen molar-refractivity contribution in [3.8, 4) is 11.5 Å². The van der Waals surface area contributed by atoms with Gasteiger partial charge >= 0.3 is 11.9 Å². The van der Waals surface area contributed by atoms with Crippen molar-refractivity contribution in [2.45, 2.75) is 136 Å². The third-order valence-corrected chi connectivity index (χ3v) is 14.3. The molecule has 4 aliphatic rings. The highest BCUT2D eigenvalue weighted by Gasteiger charge is 2.28. The van der Waals surface area contributed by atoms with Crippen LogP contribution in [0.5, 0.6) is 11.5 Å².